The molecule has 0 saturated heterocycles. The molecule has 1 aromatic heterocycles. The van der Waals surface area contributed by atoms with E-state index in [2.05, 4.69) is 71.7 Å². The summed E-state index contributed by atoms with van der Waals surface area (Å²) in [6.07, 6.45) is 1.04. The van der Waals surface area contributed by atoms with Crippen LogP contribution in [0.1, 0.15) is 34.5 Å². The molecule has 102 valence electrons. The number of thiophene rings is 1. The van der Waals surface area contributed by atoms with Crippen molar-refractivity contribution in [3.8, 4) is 0 Å². The maximum absolute atomic E-state index is 3.59. The lowest BCUT2D eigenvalue weighted by Gasteiger charge is -2.17. The van der Waals surface area contributed by atoms with Crippen LogP contribution in [-0.2, 0) is 6.42 Å². The van der Waals surface area contributed by atoms with Crippen molar-refractivity contribution in [2.24, 2.45) is 0 Å². The number of halogens is 1. The summed E-state index contributed by atoms with van der Waals surface area (Å²) in [5, 5.41) is 5.74. The summed E-state index contributed by atoms with van der Waals surface area (Å²) in [5.74, 6) is 0. The Labute approximate surface area is 128 Å². The van der Waals surface area contributed by atoms with Crippen LogP contribution in [0.5, 0.6) is 0 Å². The van der Waals surface area contributed by atoms with E-state index in [1.165, 1.54) is 26.0 Å². The first-order chi connectivity index (χ1) is 9.08. The summed E-state index contributed by atoms with van der Waals surface area (Å²) in [4.78, 5) is 1.40. The Morgan fingerprint density at radius 1 is 1.16 bits per heavy atom. The normalized spacial score (nSPS) is 12.6. The van der Waals surface area contributed by atoms with Gasteiger partial charge >= 0.3 is 0 Å². The highest BCUT2D eigenvalue weighted by atomic mass is 79.9. The molecule has 1 unspecified atom stereocenters. The average Bonchev–Trinajstić information content (AvgIpc) is 2.74. The van der Waals surface area contributed by atoms with Gasteiger partial charge in [0, 0.05) is 20.8 Å². The minimum atomic E-state index is 0.405. The first kappa shape index (κ1) is 14.8. The predicted octanol–water partition coefficient (Wildman–Crippen LogP) is 5.02. The Morgan fingerprint density at radius 2 is 1.84 bits per heavy atom. The lowest BCUT2D eigenvalue weighted by atomic mass is 10.0. The van der Waals surface area contributed by atoms with Crippen molar-refractivity contribution < 1.29 is 0 Å². The zero-order valence-corrected chi connectivity index (χ0v) is 14.1. The van der Waals surface area contributed by atoms with E-state index in [4.69, 9.17) is 0 Å². The van der Waals surface area contributed by atoms with Crippen LogP contribution in [0.25, 0.3) is 0 Å². The Hall–Kier alpha value is -0.640. The Morgan fingerprint density at radius 3 is 2.37 bits per heavy atom. The molecule has 1 atom stereocenters. The van der Waals surface area contributed by atoms with Crippen LogP contribution in [0, 0.1) is 13.8 Å². The maximum atomic E-state index is 3.59. The van der Waals surface area contributed by atoms with Crippen LogP contribution in [0.15, 0.2) is 34.1 Å². The molecule has 2 aromatic rings. The highest BCUT2D eigenvalue weighted by Gasteiger charge is 2.13. The second-order valence-corrected chi connectivity index (χ2v) is 6.84. The second-order valence-electron chi connectivity index (χ2n) is 4.98. The van der Waals surface area contributed by atoms with Crippen LogP contribution in [0.2, 0.25) is 0 Å². The van der Waals surface area contributed by atoms with Gasteiger partial charge in [0.05, 0.1) is 0 Å². The molecule has 0 aliphatic rings. The van der Waals surface area contributed by atoms with Crippen LogP contribution < -0.4 is 5.32 Å². The second kappa shape index (κ2) is 6.69. The zero-order valence-electron chi connectivity index (χ0n) is 11.7. The molecule has 1 heterocycles. The molecule has 19 heavy (non-hydrogen) atoms. The van der Waals surface area contributed by atoms with E-state index in [9.17, 15) is 0 Å². The largest absolute Gasteiger partial charge is 0.309 e. The van der Waals surface area contributed by atoms with Crippen molar-refractivity contribution in [1.82, 2.24) is 5.32 Å². The minimum Gasteiger partial charge on any atom is -0.309 e. The van der Waals surface area contributed by atoms with Gasteiger partial charge in [0.25, 0.3) is 0 Å². The van der Waals surface area contributed by atoms with E-state index in [0.29, 0.717) is 6.04 Å². The summed E-state index contributed by atoms with van der Waals surface area (Å²) < 4.78 is 1.18. The van der Waals surface area contributed by atoms with Gasteiger partial charge in [-0.1, -0.05) is 36.2 Å². The van der Waals surface area contributed by atoms with Crippen LogP contribution >= 0.6 is 27.3 Å². The van der Waals surface area contributed by atoms with E-state index in [0.717, 1.165) is 13.0 Å². The van der Waals surface area contributed by atoms with Gasteiger partial charge in [-0.2, -0.15) is 0 Å². The molecule has 0 saturated carbocycles. The van der Waals surface area contributed by atoms with Crippen molar-refractivity contribution in [1.29, 1.82) is 0 Å². The third-order valence-electron chi connectivity index (χ3n) is 3.10. The molecule has 0 amide bonds. The van der Waals surface area contributed by atoms with E-state index < -0.39 is 0 Å². The van der Waals surface area contributed by atoms with Crippen molar-refractivity contribution in [2.45, 2.75) is 33.2 Å². The number of aryl methyl sites for hydroxylation is 2. The first-order valence-corrected chi connectivity index (χ1v) is 8.30. The van der Waals surface area contributed by atoms with E-state index >= 15 is 0 Å². The number of rotatable bonds is 5. The molecule has 0 spiro atoms. The molecule has 1 nitrogen and oxygen atoms in total. The molecular formula is C16H20BrNS. The highest BCUT2D eigenvalue weighted by Crippen LogP contribution is 2.28. The molecule has 0 radical (unpaired) electrons. The predicted molar refractivity (Wildman–Crippen MR) is 88.1 cm³/mol. The minimum absolute atomic E-state index is 0.405. The SMILES string of the molecule is CCNC(Cc1cc(C)cc(C)c1)c1cc(Br)cs1. The standard InChI is InChI=1S/C16H20BrNS/c1-4-18-15(16-9-14(17)10-19-16)8-13-6-11(2)5-12(3)7-13/h5-7,9-10,15,18H,4,8H2,1-3H3. The van der Waals surface area contributed by atoms with E-state index in [-0.39, 0.29) is 0 Å². The molecule has 2 rings (SSSR count). The molecule has 3 heteroatoms. The number of hydrogen-bond donors (Lipinski definition) is 1. The summed E-state index contributed by atoms with van der Waals surface area (Å²) >= 11 is 5.36. The fraction of sp³-hybridized carbons (Fsp3) is 0.375. The fourth-order valence-electron chi connectivity index (χ4n) is 2.45. The van der Waals surface area contributed by atoms with Gasteiger partial charge in [-0.15, -0.1) is 11.3 Å². The van der Waals surface area contributed by atoms with Crippen molar-refractivity contribution in [3.63, 3.8) is 0 Å². The van der Waals surface area contributed by atoms with Gasteiger partial charge in [0.2, 0.25) is 0 Å². The number of likely N-dealkylation sites (N-methyl/N-ethyl adjacent to an activating group) is 1. The van der Waals surface area contributed by atoms with Crippen LogP contribution in [0.3, 0.4) is 0 Å². The Bertz CT molecular complexity index is 527. The van der Waals surface area contributed by atoms with Gasteiger partial charge in [-0.3, -0.25) is 0 Å². The molecule has 0 fully saturated rings. The Balaban J connectivity index is 2.20. The monoisotopic (exact) mass is 337 g/mol. The first-order valence-electron chi connectivity index (χ1n) is 6.63. The van der Waals surface area contributed by atoms with Crippen molar-refractivity contribution >= 4 is 27.3 Å². The zero-order chi connectivity index (χ0) is 13.8. The summed E-state index contributed by atoms with van der Waals surface area (Å²) in [6, 6.07) is 9.44. The summed E-state index contributed by atoms with van der Waals surface area (Å²) in [6.45, 7) is 7.49. The van der Waals surface area contributed by atoms with Crippen molar-refractivity contribution in [2.75, 3.05) is 6.54 Å². The van der Waals surface area contributed by atoms with Gasteiger partial charge in [-0.05, 0) is 54.4 Å². The molecule has 0 aliphatic carbocycles. The van der Waals surface area contributed by atoms with Gasteiger partial charge in [0.15, 0.2) is 0 Å². The van der Waals surface area contributed by atoms with Crippen LogP contribution in [0.4, 0.5) is 0 Å². The van der Waals surface area contributed by atoms with Gasteiger partial charge in [-0.25, -0.2) is 0 Å². The third-order valence-corrected chi connectivity index (χ3v) is 4.91. The quantitative estimate of drug-likeness (QED) is 0.807. The van der Waals surface area contributed by atoms with Gasteiger partial charge in [0.1, 0.15) is 0 Å². The van der Waals surface area contributed by atoms with E-state index in [1.807, 2.05) is 11.3 Å². The Kier molecular flexibility index (Phi) is 5.20. The lowest BCUT2D eigenvalue weighted by molar-refractivity contribution is 0.558. The molecule has 0 aliphatic heterocycles. The number of nitrogens with one attached hydrogen (secondary N) is 1. The maximum Gasteiger partial charge on any atom is 0.0455 e. The average molecular weight is 338 g/mol. The topological polar surface area (TPSA) is 12.0 Å². The number of hydrogen-bond acceptors (Lipinski definition) is 2. The highest BCUT2D eigenvalue weighted by molar-refractivity contribution is 9.10. The lowest BCUT2D eigenvalue weighted by Crippen LogP contribution is -2.22. The molecule has 0 bridgehead atoms. The molecule has 1 N–H and O–H groups in total. The summed E-state index contributed by atoms with van der Waals surface area (Å²) in [7, 11) is 0. The molecular weight excluding hydrogens is 318 g/mol. The smallest absolute Gasteiger partial charge is 0.0455 e. The van der Waals surface area contributed by atoms with Crippen LogP contribution in [-0.4, -0.2) is 6.54 Å². The fourth-order valence-corrected chi connectivity index (χ4v) is 3.97. The number of benzene rings is 1. The summed E-state index contributed by atoms with van der Waals surface area (Å²) in [5.41, 5.74) is 4.10. The molecule has 1 aromatic carbocycles. The third kappa shape index (κ3) is 4.16. The van der Waals surface area contributed by atoms with E-state index in [1.54, 1.807) is 0 Å². The van der Waals surface area contributed by atoms with Crippen molar-refractivity contribution in [3.05, 3.63) is 55.7 Å². The van der Waals surface area contributed by atoms with Gasteiger partial charge < -0.3 is 5.32 Å².